The van der Waals surface area contributed by atoms with Gasteiger partial charge in [-0.3, -0.25) is 0 Å². The van der Waals surface area contributed by atoms with Crippen molar-refractivity contribution in [1.29, 1.82) is 0 Å². The number of hydrogen-bond donors (Lipinski definition) is 2. The molecule has 0 heterocycles. The fourth-order valence-corrected chi connectivity index (χ4v) is 1.65. The summed E-state index contributed by atoms with van der Waals surface area (Å²) >= 11 is 0. The van der Waals surface area contributed by atoms with Crippen molar-refractivity contribution in [3.63, 3.8) is 0 Å². The van der Waals surface area contributed by atoms with E-state index in [-0.39, 0.29) is 6.17 Å². The van der Waals surface area contributed by atoms with Crippen molar-refractivity contribution in [3.05, 3.63) is 42.0 Å². The second kappa shape index (κ2) is 13.9. The zero-order valence-corrected chi connectivity index (χ0v) is 14.4. The quantitative estimate of drug-likeness (QED) is 0.640. The molecule has 120 valence electrons. The van der Waals surface area contributed by atoms with E-state index in [0.717, 1.165) is 5.56 Å². The van der Waals surface area contributed by atoms with Crippen LogP contribution < -0.4 is 11.5 Å². The van der Waals surface area contributed by atoms with E-state index in [9.17, 15) is 0 Å². The van der Waals surface area contributed by atoms with Crippen LogP contribution in [0.1, 0.15) is 24.8 Å². The second-order valence-electron chi connectivity index (χ2n) is 4.40. The third-order valence-corrected chi connectivity index (χ3v) is 3.40. The predicted molar refractivity (Wildman–Crippen MR) is 89.7 cm³/mol. The highest BCUT2D eigenvalue weighted by Crippen LogP contribution is 2.14. The highest BCUT2D eigenvalue weighted by molar-refractivity contribution is 6.36. The Labute approximate surface area is 129 Å². The lowest BCUT2D eigenvalue weighted by Crippen LogP contribution is -2.27. The summed E-state index contributed by atoms with van der Waals surface area (Å²) in [6.07, 6.45) is 7.80. The van der Waals surface area contributed by atoms with Gasteiger partial charge in [0.1, 0.15) is 0 Å². The van der Waals surface area contributed by atoms with Gasteiger partial charge >= 0.3 is 9.53 Å². The third-order valence-electron chi connectivity index (χ3n) is 2.24. The Kier molecular flexibility index (Phi) is 13.3. The van der Waals surface area contributed by atoms with E-state index in [1.165, 1.54) is 19.3 Å². The highest BCUT2D eigenvalue weighted by atomic mass is 28.3. The molecule has 0 aliphatic heterocycles. The van der Waals surface area contributed by atoms with Crippen LogP contribution in [-0.4, -0.2) is 37.0 Å². The van der Waals surface area contributed by atoms with E-state index in [1.54, 1.807) is 27.4 Å². The van der Waals surface area contributed by atoms with Gasteiger partial charge in [0.25, 0.3) is 0 Å². The van der Waals surface area contributed by atoms with Crippen LogP contribution in [0.15, 0.2) is 36.4 Å². The predicted octanol–water partition coefficient (Wildman–Crippen LogP) is 1.76. The first-order chi connectivity index (χ1) is 10.1. The van der Waals surface area contributed by atoms with Crippen molar-refractivity contribution in [2.24, 2.45) is 11.5 Å². The van der Waals surface area contributed by atoms with E-state index in [2.05, 4.69) is 0 Å². The fourth-order valence-electron chi connectivity index (χ4n) is 1.08. The number of nitrogens with two attached hydrogens (primary N) is 2. The first-order valence-electron chi connectivity index (χ1n) is 6.96. The van der Waals surface area contributed by atoms with Crippen LogP contribution in [0.4, 0.5) is 0 Å². The number of benzene rings is 1. The third kappa shape index (κ3) is 15.2. The molecule has 0 aromatic heterocycles. The van der Waals surface area contributed by atoms with Crippen LogP contribution in [-0.2, 0) is 13.3 Å². The molecule has 5 nitrogen and oxygen atoms in total. The van der Waals surface area contributed by atoms with E-state index in [4.69, 9.17) is 24.7 Å². The van der Waals surface area contributed by atoms with Gasteiger partial charge in [-0.1, -0.05) is 61.7 Å². The smallest absolute Gasteiger partial charge is 0.379 e. The lowest BCUT2D eigenvalue weighted by Gasteiger charge is -2.05. The highest BCUT2D eigenvalue weighted by Gasteiger charge is 2.04. The van der Waals surface area contributed by atoms with Gasteiger partial charge in [0, 0.05) is 21.3 Å². The maximum atomic E-state index is 5.33. The van der Waals surface area contributed by atoms with Crippen molar-refractivity contribution in [2.45, 2.75) is 25.4 Å². The molecule has 4 N–H and O–H groups in total. The minimum Gasteiger partial charge on any atom is -0.379 e. The van der Waals surface area contributed by atoms with Crippen LogP contribution in [0, 0.1) is 0 Å². The molecule has 0 radical (unpaired) electrons. The van der Waals surface area contributed by atoms with Gasteiger partial charge in [-0.25, -0.2) is 0 Å². The minimum absolute atomic E-state index is 0.366. The first-order valence-corrected chi connectivity index (χ1v) is 8.38. The summed E-state index contributed by atoms with van der Waals surface area (Å²) in [5.41, 5.74) is 11.8. The van der Waals surface area contributed by atoms with Gasteiger partial charge in [0.05, 0.1) is 6.17 Å². The largest absolute Gasteiger partial charge is 0.483 e. The molecular formula is C15H28N2O3Si. The summed E-state index contributed by atoms with van der Waals surface area (Å²) in [6.45, 7) is 0. The fraction of sp³-hybridized carbons (Fsp3) is 0.467. The summed E-state index contributed by atoms with van der Waals surface area (Å²) in [5.74, 6) is 0. The molecule has 1 aromatic carbocycles. The molecule has 0 saturated heterocycles. The van der Waals surface area contributed by atoms with Gasteiger partial charge in [-0.2, -0.15) is 0 Å². The van der Waals surface area contributed by atoms with Gasteiger partial charge in [-0.05, 0) is 5.56 Å². The van der Waals surface area contributed by atoms with E-state index in [1.807, 2.05) is 36.4 Å². The summed E-state index contributed by atoms with van der Waals surface area (Å²) < 4.78 is 14.2. The standard InChI is InChI=1S/C9H12N2.C3H10O3Si.C3H6/c10-9(11)7-6-8-4-2-1-3-5-8;1-4-7(5-2)6-3;1-2-3-1/h1-7,9H,10-11H2;7H,1-3H3;1-3H2. The van der Waals surface area contributed by atoms with Crippen molar-refractivity contribution < 1.29 is 13.3 Å². The molecule has 1 aliphatic carbocycles. The maximum Gasteiger partial charge on any atom is 0.483 e. The summed E-state index contributed by atoms with van der Waals surface area (Å²) in [6, 6.07) is 9.92. The number of rotatable bonds is 5. The van der Waals surface area contributed by atoms with Crippen molar-refractivity contribution >= 4 is 15.6 Å². The molecule has 0 bridgehead atoms. The Morgan fingerprint density at radius 1 is 0.952 bits per heavy atom. The summed E-state index contributed by atoms with van der Waals surface area (Å²) in [5, 5.41) is 0. The zero-order chi connectivity index (χ0) is 15.9. The van der Waals surface area contributed by atoms with Gasteiger partial charge in [-0.15, -0.1) is 0 Å². The Balaban J connectivity index is 0.000000339. The Hall–Kier alpha value is -1.02. The lowest BCUT2D eigenvalue weighted by atomic mass is 10.2. The second-order valence-corrected chi connectivity index (χ2v) is 6.40. The van der Waals surface area contributed by atoms with Crippen LogP contribution >= 0.6 is 0 Å². The molecule has 0 spiro atoms. The Morgan fingerprint density at radius 2 is 1.43 bits per heavy atom. The van der Waals surface area contributed by atoms with Gasteiger partial charge in [0.2, 0.25) is 0 Å². The summed E-state index contributed by atoms with van der Waals surface area (Å²) in [7, 11) is 3.05. The molecule has 6 heteroatoms. The Bertz CT molecular complexity index is 347. The topological polar surface area (TPSA) is 79.7 Å². The average Bonchev–Trinajstić information content (AvgIpc) is 3.37. The van der Waals surface area contributed by atoms with E-state index >= 15 is 0 Å². The van der Waals surface area contributed by atoms with Gasteiger partial charge < -0.3 is 24.7 Å². The van der Waals surface area contributed by atoms with Crippen LogP contribution in [0.25, 0.3) is 6.08 Å². The van der Waals surface area contributed by atoms with Crippen molar-refractivity contribution in [1.82, 2.24) is 0 Å². The molecular weight excluding hydrogens is 284 g/mol. The SMILES string of the molecule is C1CC1.CO[SiH](OC)OC.NC(N)C=Cc1ccccc1. The van der Waals surface area contributed by atoms with Crippen molar-refractivity contribution in [3.8, 4) is 0 Å². The molecule has 1 aromatic rings. The molecule has 0 atom stereocenters. The zero-order valence-electron chi connectivity index (χ0n) is 13.2. The van der Waals surface area contributed by atoms with E-state index < -0.39 is 9.53 Å². The van der Waals surface area contributed by atoms with Crippen LogP contribution in [0.5, 0.6) is 0 Å². The molecule has 1 saturated carbocycles. The molecule has 1 fully saturated rings. The number of hydrogen-bond acceptors (Lipinski definition) is 5. The molecule has 0 unspecified atom stereocenters. The molecule has 1 aliphatic rings. The average molecular weight is 312 g/mol. The monoisotopic (exact) mass is 312 g/mol. The minimum atomic E-state index is -1.67. The molecule has 2 rings (SSSR count). The van der Waals surface area contributed by atoms with Crippen molar-refractivity contribution in [2.75, 3.05) is 21.3 Å². The molecule has 0 amide bonds. The summed E-state index contributed by atoms with van der Waals surface area (Å²) in [4.78, 5) is 0. The first kappa shape index (κ1) is 20.0. The van der Waals surface area contributed by atoms with Crippen LogP contribution in [0.3, 0.4) is 0 Å². The van der Waals surface area contributed by atoms with Gasteiger partial charge in [0.15, 0.2) is 0 Å². The maximum absolute atomic E-state index is 5.33. The van der Waals surface area contributed by atoms with E-state index in [0.29, 0.717) is 0 Å². The lowest BCUT2D eigenvalue weighted by molar-refractivity contribution is 0.163. The normalized spacial score (nSPS) is 12.7. The Morgan fingerprint density at radius 3 is 1.71 bits per heavy atom. The van der Waals surface area contributed by atoms with Crippen LogP contribution in [0.2, 0.25) is 0 Å². The molecule has 21 heavy (non-hydrogen) atoms.